The Labute approximate surface area is 171 Å². The van der Waals surface area contributed by atoms with Gasteiger partial charge < -0.3 is 5.11 Å². The van der Waals surface area contributed by atoms with Crippen LogP contribution in [0.4, 0.5) is 0 Å². The number of aliphatic hydroxyl groups is 1. The Morgan fingerprint density at radius 2 is 1.63 bits per heavy atom. The van der Waals surface area contributed by atoms with Gasteiger partial charge in [-0.25, -0.2) is 0 Å². The van der Waals surface area contributed by atoms with Crippen molar-refractivity contribution >= 4 is 24.0 Å². The monoisotopic (exact) mass is 399 g/mol. The summed E-state index contributed by atoms with van der Waals surface area (Å²) in [6.45, 7) is 0.196. The van der Waals surface area contributed by atoms with E-state index in [1.807, 2.05) is 24.3 Å². The van der Waals surface area contributed by atoms with Crippen LogP contribution in [0, 0.1) is 0 Å². The summed E-state index contributed by atoms with van der Waals surface area (Å²) < 4.78 is 0. The second-order valence-corrected chi connectivity index (χ2v) is 7.36. The van der Waals surface area contributed by atoms with Crippen molar-refractivity contribution in [3.05, 3.63) is 87.6 Å². The molecule has 4 rings (SSSR count). The lowest BCUT2D eigenvalue weighted by molar-refractivity contribution is 0.299. The van der Waals surface area contributed by atoms with Crippen LogP contribution >= 0.6 is 24.0 Å². The zero-order valence-electron chi connectivity index (χ0n) is 15.1. The standard InChI is InChI=1S/C23H22ClNO.ClH/c24-20-10-8-18(9-11-20)23-15-19(21-2-1-3-22(21)25-23)14-17-6-4-16(5-7-17)12-13-26;/h4-11,15,26H,1-3,12-14H2;1H. The van der Waals surface area contributed by atoms with E-state index in [1.54, 1.807) is 0 Å². The van der Waals surface area contributed by atoms with Gasteiger partial charge in [-0.2, -0.15) is 0 Å². The summed E-state index contributed by atoms with van der Waals surface area (Å²) in [6.07, 6.45) is 5.02. The summed E-state index contributed by atoms with van der Waals surface area (Å²) in [5, 5.41) is 9.82. The predicted octanol–water partition coefficient (Wildman–Crippen LogP) is 5.44. The van der Waals surface area contributed by atoms with E-state index in [2.05, 4.69) is 30.3 Å². The number of nitrogens with zero attached hydrogens (tertiary/aromatic N) is 1. The molecule has 1 N–H and O–H groups in total. The van der Waals surface area contributed by atoms with Crippen LogP contribution in [0.2, 0.25) is 5.02 Å². The van der Waals surface area contributed by atoms with Crippen LogP contribution in [0.3, 0.4) is 0 Å². The number of aryl methyl sites for hydroxylation is 1. The Morgan fingerprint density at radius 3 is 2.33 bits per heavy atom. The van der Waals surface area contributed by atoms with Gasteiger partial charge in [0.05, 0.1) is 5.69 Å². The maximum atomic E-state index is 9.07. The number of hydrogen-bond acceptors (Lipinski definition) is 2. The number of aliphatic hydroxyl groups excluding tert-OH is 1. The van der Waals surface area contributed by atoms with E-state index < -0.39 is 0 Å². The van der Waals surface area contributed by atoms with Crippen LogP contribution in [0.25, 0.3) is 11.3 Å². The quantitative estimate of drug-likeness (QED) is 0.619. The van der Waals surface area contributed by atoms with Gasteiger partial charge in [-0.05, 0) is 72.6 Å². The van der Waals surface area contributed by atoms with E-state index >= 15 is 0 Å². The Morgan fingerprint density at radius 1 is 0.926 bits per heavy atom. The van der Waals surface area contributed by atoms with Gasteiger partial charge in [-0.3, -0.25) is 4.98 Å². The fourth-order valence-corrected chi connectivity index (χ4v) is 3.85. The van der Waals surface area contributed by atoms with Crippen molar-refractivity contribution in [2.45, 2.75) is 32.1 Å². The molecule has 0 unspecified atom stereocenters. The van der Waals surface area contributed by atoms with Crippen LogP contribution < -0.4 is 0 Å². The highest BCUT2D eigenvalue weighted by atomic mass is 35.5. The Bertz CT molecular complexity index is 905. The molecule has 0 fully saturated rings. The number of rotatable bonds is 5. The third-order valence-electron chi connectivity index (χ3n) is 5.10. The molecule has 0 bridgehead atoms. The molecular weight excluding hydrogens is 377 g/mol. The molecule has 4 heteroatoms. The van der Waals surface area contributed by atoms with Crippen LogP contribution in [0.1, 0.15) is 34.4 Å². The first-order valence-electron chi connectivity index (χ1n) is 9.19. The summed E-state index contributed by atoms with van der Waals surface area (Å²) in [6, 6.07) is 18.8. The summed E-state index contributed by atoms with van der Waals surface area (Å²) >= 11 is 6.03. The molecule has 0 amide bonds. The third-order valence-corrected chi connectivity index (χ3v) is 5.35. The van der Waals surface area contributed by atoms with E-state index in [-0.39, 0.29) is 19.0 Å². The molecule has 0 saturated carbocycles. The molecule has 27 heavy (non-hydrogen) atoms. The van der Waals surface area contributed by atoms with Crippen LogP contribution in [0.5, 0.6) is 0 Å². The van der Waals surface area contributed by atoms with Crippen LogP contribution in [0.15, 0.2) is 54.6 Å². The van der Waals surface area contributed by atoms with Gasteiger partial charge in [0.25, 0.3) is 0 Å². The zero-order valence-corrected chi connectivity index (χ0v) is 16.7. The van der Waals surface area contributed by atoms with Crippen LogP contribution in [-0.2, 0) is 25.7 Å². The highest BCUT2D eigenvalue weighted by Gasteiger charge is 2.18. The second-order valence-electron chi connectivity index (χ2n) is 6.92. The largest absolute Gasteiger partial charge is 0.396 e. The SMILES string of the molecule is Cl.OCCc1ccc(Cc2cc(-c3ccc(Cl)cc3)nc3c2CCC3)cc1. The molecule has 0 atom stereocenters. The highest BCUT2D eigenvalue weighted by Crippen LogP contribution is 2.30. The van der Waals surface area contributed by atoms with Crippen molar-refractivity contribution in [3.63, 3.8) is 0 Å². The number of hydrogen-bond donors (Lipinski definition) is 1. The van der Waals surface area contributed by atoms with Crippen molar-refractivity contribution in [1.82, 2.24) is 4.98 Å². The smallest absolute Gasteiger partial charge is 0.0708 e. The molecule has 0 spiro atoms. The number of aromatic nitrogens is 1. The lowest BCUT2D eigenvalue weighted by atomic mass is 9.96. The first kappa shape index (κ1) is 19.9. The maximum Gasteiger partial charge on any atom is 0.0708 e. The van der Waals surface area contributed by atoms with Gasteiger partial charge in [0.2, 0.25) is 0 Å². The summed E-state index contributed by atoms with van der Waals surface area (Å²) in [5.41, 5.74) is 8.70. The van der Waals surface area contributed by atoms with Crippen LogP contribution in [-0.4, -0.2) is 16.7 Å². The topological polar surface area (TPSA) is 33.1 Å². The van der Waals surface area contributed by atoms with Gasteiger partial charge >= 0.3 is 0 Å². The molecule has 140 valence electrons. The van der Waals surface area contributed by atoms with Gasteiger partial charge in [0, 0.05) is 22.9 Å². The van der Waals surface area contributed by atoms with Crippen molar-refractivity contribution in [2.24, 2.45) is 0 Å². The fourth-order valence-electron chi connectivity index (χ4n) is 3.73. The maximum absolute atomic E-state index is 9.07. The normalized spacial score (nSPS) is 12.5. The van der Waals surface area contributed by atoms with E-state index in [1.165, 1.54) is 34.4 Å². The molecule has 0 radical (unpaired) electrons. The zero-order chi connectivity index (χ0) is 17.9. The summed E-state index contributed by atoms with van der Waals surface area (Å²) in [5.74, 6) is 0. The lowest BCUT2D eigenvalue weighted by Gasteiger charge is -2.12. The van der Waals surface area contributed by atoms with Gasteiger partial charge in [0.1, 0.15) is 0 Å². The minimum Gasteiger partial charge on any atom is -0.396 e. The third kappa shape index (κ3) is 4.52. The molecular formula is C23H23Cl2NO. The summed E-state index contributed by atoms with van der Waals surface area (Å²) in [7, 11) is 0. The Balaban J connectivity index is 0.00000210. The van der Waals surface area contributed by atoms with E-state index in [9.17, 15) is 0 Å². The average molecular weight is 400 g/mol. The van der Waals surface area contributed by atoms with Crippen molar-refractivity contribution in [3.8, 4) is 11.3 Å². The number of fused-ring (bicyclic) bond motifs is 1. The Kier molecular flexibility index (Phi) is 6.54. The number of halogens is 2. The molecule has 0 aliphatic heterocycles. The molecule has 0 saturated heterocycles. The molecule has 3 aromatic rings. The van der Waals surface area contributed by atoms with E-state index in [4.69, 9.17) is 21.7 Å². The van der Waals surface area contributed by atoms with E-state index in [0.717, 1.165) is 35.5 Å². The molecule has 2 nitrogen and oxygen atoms in total. The van der Waals surface area contributed by atoms with Crippen molar-refractivity contribution in [2.75, 3.05) is 6.61 Å². The minimum absolute atomic E-state index is 0. The fraction of sp³-hybridized carbons (Fsp3) is 0.261. The van der Waals surface area contributed by atoms with Gasteiger partial charge in [0.15, 0.2) is 0 Å². The highest BCUT2D eigenvalue weighted by molar-refractivity contribution is 6.30. The number of benzene rings is 2. The predicted molar refractivity (Wildman–Crippen MR) is 114 cm³/mol. The molecule has 1 heterocycles. The average Bonchev–Trinajstić information content (AvgIpc) is 3.13. The van der Waals surface area contributed by atoms with Gasteiger partial charge in [-0.1, -0.05) is 48.0 Å². The molecule has 1 aliphatic carbocycles. The Hall–Kier alpha value is -1.87. The van der Waals surface area contributed by atoms with Crippen molar-refractivity contribution in [1.29, 1.82) is 0 Å². The lowest BCUT2D eigenvalue weighted by Crippen LogP contribution is -2.00. The molecule has 1 aromatic heterocycles. The minimum atomic E-state index is 0. The van der Waals surface area contributed by atoms with E-state index in [0.29, 0.717) is 6.42 Å². The van der Waals surface area contributed by atoms with Gasteiger partial charge in [-0.15, -0.1) is 12.4 Å². The van der Waals surface area contributed by atoms with Crippen molar-refractivity contribution < 1.29 is 5.11 Å². The first-order chi connectivity index (χ1) is 12.7. The second kappa shape index (κ2) is 8.88. The molecule has 1 aliphatic rings. The summed E-state index contributed by atoms with van der Waals surface area (Å²) in [4.78, 5) is 4.92. The molecule has 2 aromatic carbocycles. The first-order valence-corrected chi connectivity index (χ1v) is 9.57. The number of pyridine rings is 1.